The summed E-state index contributed by atoms with van der Waals surface area (Å²) in [5, 5.41) is 3.38. The number of nitrogens with one attached hydrogen (secondary N) is 1. The van der Waals surface area contributed by atoms with Crippen molar-refractivity contribution in [2.75, 3.05) is 26.8 Å². The Morgan fingerprint density at radius 2 is 2.19 bits per heavy atom. The van der Waals surface area contributed by atoms with Crippen LogP contribution in [0, 0.1) is 0 Å². The topological polar surface area (TPSA) is 39.7 Å². The number of fused-ring (bicyclic) bond motifs is 1. The molecule has 1 unspecified atom stereocenters. The Kier molecular flexibility index (Phi) is 5.48. The lowest BCUT2D eigenvalue weighted by Crippen LogP contribution is -2.35. The molecule has 118 valence electrons. The lowest BCUT2D eigenvalue weighted by Gasteiger charge is -2.22. The van der Waals surface area contributed by atoms with Crippen molar-refractivity contribution in [2.45, 2.75) is 45.3 Å². The first-order valence-corrected chi connectivity index (χ1v) is 7.73. The van der Waals surface area contributed by atoms with Gasteiger partial charge in [0, 0.05) is 25.6 Å². The first kappa shape index (κ1) is 16.1. The van der Waals surface area contributed by atoms with Crippen LogP contribution in [0.25, 0.3) is 0 Å². The van der Waals surface area contributed by atoms with E-state index in [0.29, 0.717) is 6.61 Å². The van der Waals surface area contributed by atoms with E-state index in [1.165, 1.54) is 5.56 Å². The number of hydrogen-bond acceptors (Lipinski definition) is 4. The van der Waals surface area contributed by atoms with Crippen molar-refractivity contribution < 1.29 is 14.2 Å². The molecule has 1 N–H and O–H groups in total. The van der Waals surface area contributed by atoms with Crippen LogP contribution in [-0.2, 0) is 11.2 Å². The predicted molar refractivity (Wildman–Crippen MR) is 84.3 cm³/mol. The van der Waals surface area contributed by atoms with Gasteiger partial charge in [0.2, 0.25) is 0 Å². The monoisotopic (exact) mass is 293 g/mol. The van der Waals surface area contributed by atoms with Crippen molar-refractivity contribution in [3.05, 3.63) is 23.8 Å². The van der Waals surface area contributed by atoms with Crippen LogP contribution < -0.4 is 14.8 Å². The summed E-state index contributed by atoms with van der Waals surface area (Å²) in [6.45, 7) is 8.68. The van der Waals surface area contributed by atoms with Crippen molar-refractivity contribution in [1.29, 1.82) is 0 Å². The second-order valence-electron chi connectivity index (χ2n) is 6.18. The van der Waals surface area contributed by atoms with E-state index in [9.17, 15) is 0 Å². The summed E-state index contributed by atoms with van der Waals surface area (Å²) in [5.41, 5.74) is 1.06. The highest BCUT2D eigenvalue weighted by Crippen LogP contribution is 2.42. The molecule has 0 spiro atoms. The normalized spacial score (nSPS) is 17.1. The van der Waals surface area contributed by atoms with Gasteiger partial charge in [-0.15, -0.1) is 0 Å². The summed E-state index contributed by atoms with van der Waals surface area (Å²) in [4.78, 5) is 0. The first-order valence-electron chi connectivity index (χ1n) is 7.73. The zero-order valence-electron chi connectivity index (χ0n) is 13.6. The predicted octanol–water partition coefficient (Wildman–Crippen LogP) is 2.79. The molecule has 0 aliphatic carbocycles. The maximum atomic E-state index is 6.13. The summed E-state index contributed by atoms with van der Waals surface area (Å²) < 4.78 is 17.4. The van der Waals surface area contributed by atoms with E-state index in [1.54, 1.807) is 7.11 Å². The van der Waals surface area contributed by atoms with Crippen molar-refractivity contribution in [3.63, 3.8) is 0 Å². The third kappa shape index (κ3) is 4.35. The molecule has 0 saturated heterocycles. The van der Waals surface area contributed by atoms with Crippen molar-refractivity contribution >= 4 is 0 Å². The van der Waals surface area contributed by atoms with Crippen LogP contribution in [0.3, 0.4) is 0 Å². The molecule has 0 fully saturated rings. The molecule has 4 heteroatoms. The Bertz CT molecular complexity index is 459. The maximum absolute atomic E-state index is 6.13. The molecule has 1 aliphatic heterocycles. The quantitative estimate of drug-likeness (QED) is 0.748. The molecular weight excluding hydrogens is 266 g/mol. The minimum absolute atomic E-state index is 0.0136. The molecule has 1 atom stereocenters. The van der Waals surface area contributed by atoms with E-state index in [0.717, 1.165) is 37.4 Å². The lowest BCUT2D eigenvalue weighted by molar-refractivity contribution is 0.0735. The van der Waals surface area contributed by atoms with Crippen molar-refractivity contribution in [2.24, 2.45) is 0 Å². The zero-order valence-corrected chi connectivity index (χ0v) is 13.6. The molecule has 4 nitrogen and oxygen atoms in total. The molecule has 1 heterocycles. The number of methoxy groups -OCH3 is 1. The van der Waals surface area contributed by atoms with Gasteiger partial charge < -0.3 is 19.5 Å². The highest BCUT2D eigenvalue weighted by Gasteiger charge is 2.32. The van der Waals surface area contributed by atoms with Crippen LogP contribution in [0.1, 0.15) is 32.8 Å². The molecule has 0 bridgehead atoms. The third-order valence-electron chi connectivity index (χ3n) is 3.50. The fraction of sp³-hybridized carbons (Fsp3) is 0.647. The zero-order chi connectivity index (χ0) is 15.3. The SMILES string of the molecule is CCCNCC(COC)Oc1cccc2c1OC(C)(C)C2. The van der Waals surface area contributed by atoms with Gasteiger partial charge in [0.25, 0.3) is 0 Å². The van der Waals surface area contributed by atoms with E-state index in [1.807, 2.05) is 12.1 Å². The van der Waals surface area contributed by atoms with E-state index >= 15 is 0 Å². The van der Waals surface area contributed by atoms with Gasteiger partial charge in [0.1, 0.15) is 11.7 Å². The van der Waals surface area contributed by atoms with Gasteiger partial charge >= 0.3 is 0 Å². The number of hydrogen-bond donors (Lipinski definition) is 1. The van der Waals surface area contributed by atoms with E-state index in [4.69, 9.17) is 14.2 Å². The standard InChI is InChI=1S/C17H27NO3/c1-5-9-18-11-14(12-19-4)20-15-8-6-7-13-10-17(2,3)21-16(13)15/h6-8,14,18H,5,9-12H2,1-4H3. The van der Waals surface area contributed by atoms with E-state index in [-0.39, 0.29) is 11.7 Å². The van der Waals surface area contributed by atoms with Crippen LogP contribution in [-0.4, -0.2) is 38.5 Å². The fourth-order valence-corrected chi connectivity index (χ4v) is 2.62. The number of ether oxygens (including phenoxy) is 3. The van der Waals surface area contributed by atoms with Gasteiger partial charge in [-0.3, -0.25) is 0 Å². The molecule has 1 aliphatic rings. The molecule has 1 aromatic carbocycles. The number of benzene rings is 1. The van der Waals surface area contributed by atoms with Gasteiger partial charge in [0.15, 0.2) is 11.5 Å². The lowest BCUT2D eigenvalue weighted by atomic mass is 10.0. The van der Waals surface area contributed by atoms with Crippen molar-refractivity contribution in [3.8, 4) is 11.5 Å². The Hall–Kier alpha value is -1.26. The fourth-order valence-electron chi connectivity index (χ4n) is 2.62. The van der Waals surface area contributed by atoms with E-state index < -0.39 is 0 Å². The average Bonchev–Trinajstić information content (AvgIpc) is 2.74. The molecule has 0 radical (unpaired) electrons. The highest BCUT2D eigenvalue weighted by atomic mass is 16.6. The van der Waals surface area contributed by atoms with Crippen LogP contribution >= 0.6 is 0 Å². The van der Waals surface area contributed by atoms with Gasteiger partial charge in [-0.1, -0.05) is 19.1 Å². The first-order chi connectivity index (χ1) is 10.1. The number of rotatable bonds is 8. The summed E-state index contributed by atoms with van der Waals surface area (Å²) in [6, 6.07) is 6.11. The summed E-state index contributed by atoms with van der Waals surface area (Å²) >= 11 is 0. The van der Waals surface area contributed by atoms with Crippen LogP contribution in [0.4, 0.5) is 0 Å². The molecule has 0 saturated carbocycles. The molecule has 1 aromatic rings. The van der Waals surface area contributed by atoms with Crippen molar-refractivity contribution in [1.82, 2.24) is 5.32 Å². The Labute approximate surface area is 127 Å². The second-order valence-corrected chi connectivity index (χ2v) is 6.18. The Balaban J connectivity index is 2.06. The van der Waals surface area contributed by atoms with Gasteiger partial charge in [-0.25, -0.2) is 0 Å². The Morgan fingerprint density at radius 3 is 2.90 bits per heavy atom. The largest absolute Gasteiger partial charge is 0.483 e. The third-order valence-corrected chi connectivity index (χ3v) is 3.50. The average molecular weight is 293 g/mol. The van der Waals surface area contributed by atoms with Crippen LogP contribution in [0.5, 0.6) is 11.5 Å². The molecular formula is C17H27NO3. The summed E-state index contributed by atoms with van der Waals surface area (Å²) in [5.74, 6) is 1.71. The molecule has 2 rings (SSSR count). The minimum Gasteiger partial charge on any atom is -0.483 e. The number of para-hydroxylation sites is 1. The van der Waals surface area contributed by atoms with Crippen LogP contribution in [0.15, 0.2) is 18.2 Å². The molecule has 21 heavy (non-hydrogen) atoms. The van der Waals surface area contributed by atoms with Gasteiger partial charge in [0.05, 0.1) is 6.61 Å². The smallest absolute Gasteiger partial charge is 0.165 e. The van der Waals surface area contributed by atoms with Gasteiger partial charge in [-0.05, 0) is 32.9 Å². The maximum Gasteiger partial charge on any atom is 0.165 e. The molecule has 0 amide bonds. The van der Waals surface area contributed by atoms with Crippen LogP contribution in [0.2, 0.25) is 0 Å². The summed E-state index contributed by atoms with van der Waals surface area (Å²) in [7, 11) is 1.70. The Morgan fingerprint density at radius 1 is 1.38 bits per heavy atom. The van der Waals surface area contributed by atoms with E-state index in [2.05, 4.69) is 32.2 Å². The highest BCUT2D eigenvalue weighted by molar-refractivity contribution is 5.50. The minimum atomic E-state index is -0.154. The summed E-state index contributed by atoms with van der Waals surface area (Å²) in [6.07, 6.45) is 2.01. The second kappa shape index (κ2) is 7.14. The molecule has 0 aromatic heterocycles. The van der Waals surface area contributed by atoms with Gasteiger partial charge in [-0.2, -0.15) is 0 Å².